The fraction of sp³-hybridized carbons (Fsp3) is 0.240. The Kier molecular flexibility index (Phi) is 5.27. The number of nitrogens with zero attached hydrogens (tertiary/aromatic N) is 4. The summed E-state index contributed by atoms with van der Waals surface area (Å²) in [6.45, 7) is 3.50. The first-order chi connectivity index (χ1) is 16.2. The van der Waals surface area contributed by atoms with Gasteiger partial charge in [0.25, 0.3) is 5.91 Å². The van der Waals surface area contributed by atoms with Crippen LogP contribution in [-0.4, -0.2) is 33.8 Å². The highest BCUT2D eigenvalue weighted by Crippen LogP contribution is 2.38. The molecule has 1 aliphatic rings. The van der Waals surface area contributed by atoms with Crippen molar-refractivity contribution >= 4 is 22.6 Å². The van der Waals surface area contributed by atoms with E-state index in [0.717, 1.165) is 29.3 Å². The number of carbonyl (C=O) groups excluding carboxylic acids is 1. The smallest absolute Gasteiger partial charge is 0.417 e. The van der Waals surface area contributed by atoms with E-state index >= 15 is 0 Å². The van der Waals surface area contributed by atoms with Gasteiger partial charge in [-0.15, -0.1) is 0 Å². The summed E-state index contributed by atoms with van der Waals surface area (Å²) < 4.78 is 48.8. The fourth-order valence-corrected chi connectivity index (χ4v) is 4.24. The molecule has 6 nitrogen and oxygen atoms in total. The van der Waals surface area contributed by atoms with Crippen molar-refractivity contribution in [3.05, 3.63) is 77.0 Å². The summed E-state index contributed by atoms with van der Waals surface area (Å²) in [4.78, 5) is 18.7. The van der Waals surface area contributed by atoms with E-state index in [9.17, 15) is 18.0 Å². The maximum absolute atomic E-state index is 14.0. The van der Waals surface area contributed by atoms with E-state index in [-0.39, 0.29) is 28.5 Å². The lowest BCUT2D eigenvalue weighted by molar-refractivity contribution is -0.136. The highest BCUT2D eigenvalue weighted by atomic mass is 19.4. The number of aryl methyl sites for hydroxylation is 2. The average Bonchev–Trinajstić information content (AvgIpc) is 3.38. The molecule has 34 heavy (non-hydrogen) atoms. The van der Waals surface area contributed by atoms with E-state index in [2.05, 4.69) is 10.1 Å². The van der Waals surface area contributed by atoms with Crippen LogP contribution in [0.3, 0.4) is 0 Å². The molecular formula is C25H21F3N4O2. The van der Waals surface area contributed by atoms with Gasteiger partial charge < -0.3 is 9.64 Å². The number of benzene rings is 2. The molecule has 2 aromatic carbocycles. The molecule has 0 radical (unpaired) electrons. The number of para-hydroxylation sites is 1. The molecule has 0 saturated carbocycles. The predicted octanol–water partition coefficient (Wildman–Crippen LogP) is 5.02. The molecule has 1 amide bonds. The molecule has 0 aliphatic carbocycles. The minimum absolute atomic E-state index is 0.0187. The average molecular weight is 466 g/mol. The molecule has 0 fully saturated rings. The molecule has 0 bridgehead atoms. The Morgan fingerprint density at radius 1 is 1.09 bits per heavy atom. The van der Waals surface area contributed by atoms with Gasteiger partial charge in [0.05, 0.1) is 22.3 Å². The molecule has 3 heterocycles. The summed E-state index contributed by atoms with van der Waals surface area (Å²) in [7, 11) is 0. The van der Waals surface area contributed by atoms with Gasteiger partial charge in [0.2, 0.25) is 5.88 Å². The maximum Gasteiger partial charge on any atom is 0.417 e. The molecule has 4 aromatic rings. The van der Waals surface area contributed by atoms with Crippen LogP contribution in [0.15, 0.2) is 54.6 Å². The van der Waals surface area contributed by atoms with Crippen LogP contribution < -0.4 is 9.64 Å². The number of ether oxygens (including phenoxy) is 1. The fourth-order valence-electron chi connectivity index (χ4n) is 4.24. The predicted molar refractivity (Wildman–Crippen MR) is 121 cm³/mol. The first-order valence-corrected chi connectivity index (χ1v) is 10.8. The summed E-state index contributed by atoms with van der Waals surface area (Å²) in [5.41, 5.74) is 2.74. The molecule has 5 rings (SSSR count). The molecule has 174 valence electrons. The molecule has 0 saturated heterocycles. The third-order valence-electron chi connectivity index (χ3n) is 5.90. The quantitative estimate of drug-likeness (QED) is 0.424. The van der Waals surface area contributed by atoms with Crippen LogP contribution in [-0.2, 0) is 17.4 Å². The van der Waals surface area contributed by atoms with Crippen LogP contribution >= 0.6 is 0 Å². The number of alkyl halides is 3. The van der Waals surface area contributed by atoms with Crippen LogP contribution in [0, 0.1) is 13.8 Å². The van der Waals surface area contributed by atoms with Crippen LogP contribution in [0.1, 0.15) is 22.4 Å². The number of pyridine rings is 1. The summed E-state index contributed by atoms with van der Waals surface area (Å²) in [5, 5.41) is 4.21. The second-order valence-electron chi connectivity index (χ2n) is 8.25. The van der Waals surface area contributed by atoms with Gasteiger partial charge in [0, 0.05) is 18.3 Å². The molecule has 0 unspecified atom stereocenters. The zero-order chi connectivity index (χ0) is 24.0. The Labute approximate surface area is 193 Å². The van der Waals surface area contributed by atoms with Crippen molar-refractivity contribution in [1.29, 1.82) is 0 Å². The van der Waals surface area contributed by atoms with Crippen LogP contribution in [0.5, 0.6) is 5.88 Å². The second-order valence-corrected chi connectivity index (χ2v) is 8.25. The lowest BCUT2D eigenvalue weighted by Crippen LogP contribution is -2.33. The van der Waals surface area contributed by atoms with E-state index in [1.54, 1.807) is 17.0 Å². The van der Waals surface area contributed by atoms with Gasteiger partial charge in [0.15, 0.2) is 12.3 Å². The van der Waals surface area contributed by atoms with Gasteiger partial charge in [-0.3, -0.25) is 4.79 Å². The Balaban J connectivity index is 1.51. The van der Waals surface area contributed by atoms with Gasteiger partial charge in [-0.1, -0.05) is 35.9 Å². The standard InChI is InChI=1S/C25H21F3N4O2/c1-15-7-9-18(10-8-15)32-24-23(16(2)30-32)19(25(26,27)28)13-21(29-24)34-14-22(33)31-12-11-17-5-3-4-6-20(17)31/h3-10,13H,11-12,14H2,1-2H3. The third kappa shape index (κ3) is 3.87. The second kappa shape index (κ2) is 8.16. The van der Waals surface area contributed by atoms with E-state index in [4.69, 9.17) is 4.74 Å². The normalized spacial score (nSPS) is 13.4. The van der Waals surface area contributed by atoms with Crippen molar-refractivity contribution in [3.8, 4) is 11.6 Å². The zero-order valence-corrected chi connectivity index (χ0v) is 18.6. The van der Waals surface area contributed by atoms with E-state index in [1.807, 2.05) is 43.3 Å². The zero-order valence-electron chi connectivity index (χ0n) is 18.6. The van der Waals surface area contributed by atoms with Gasteiger partial charge in [-0.05, 0) is 44.0 Å². The summed E-state index contributed by atoms with van der Waals surface area (Å²) in [6.07, 6.45) is -3.93. The number of hydrogen-bond acceptors (Lipinski definition) is 4. The topological polar surface area (TPSA) is 60.3 Å². The molecule has 0 N–H and O–H groups in total. The van der Waals surface area contributed by atoms with E-state index in [1.165, 1.54) is 11.6 Å². The molecule has 1 aliphatic heterocycles. The molecule has 2 aromatic heterocycles. The molecule has 9 heteroatoms. The van der Waals surface area contributed by atoms with Crippen molar-refractivity contribution in [2.24, 2.45) is 0 Å². The minimum atomic E-state index is -4.65. The number of hydrogen-bond donors (Lipinski definition) is 0. The van der Waals surface area contributed by atoms with Crippen molar-refractivity contribution in [2.75, 3.05) is 18.1 Å². The molecule has 0 spiro atoms. The summed E-state index contributed by atoms with van der Waals surface area (Å²) in [5.74, 6) is -0.627. The number of amides is 1. The van der Waals surface area contributed by atoms with Gasteiger partial charge in [-0.2, -0.15) is 23.3 Å². The molecular weight excluding hydrogens is 445 g/mol. The van der Waals surface area contributed by atoms with Crippen LogP contribution in [0.4, 0.5) is 18.9 Å². The summed E-state index contributed by atoms with van der Waals surface area (Å²) >= 11 is 0. The first kappa shape index (κ1) is 21.9. The Hall–Kier alpha value is -3.88. The number of aromatic nitrogens is 3. The van der Waals surface area contributed by atoms with Crippen molar-refractivity contribution in [3.63, 3.8) is 0 Å². The SMILES string of the molecule is Cc1ccc(-n2nc(C)c3c(C(F)(F)F)cc(OCC(=O)N4CCc5ccccc54)nc32)cc1. The van der Waals surface area contributed by atoms with Crippen molar-refractivity contribution < 1.29 is 22.7 Å². The highest BCUT2D eigenvalue weighted by Gasteiger charge is 2.36. The third-order valence-corrected chi connectivity index (χ3v) is 5.90. The Morgan fingerprint density at radius 2 is 1.82 bits per heavy atom. The van der Waals surface area contributed by atoms with Gasteiger partial charge in [-0.25, -0.2) is 4.68 Å². The Bertz CT molecular complexity index is 1390. The number of anilines is 1. The molecule has 0 atom stereocenters. The van der Waals surface area contributed by atoms with Crippen LogP contribution in [0.2, 0.25) is 0 Å². The number of fused-ring (bicyclic) bond motifs is 2. The largest absolute Gasteiger partial charge is 0.467 e. The van der Waals surface area contributed by atoms with Crippen molar-refractivity contribution in [2.45, 2.75) is 26.4 Å². The number of carbonyl (C=O) groups is 1. The van der Waals surface area contributed by atoms with Crippen LogP contribution in [0.25, 0.3) is 16.7 Å². The monoisotopic (exact) mass is 466 g/mol. The van der Waals surface area contributed by atoms with E-state index < -0.39 is 18.3 Å². The maximum atomic E-state index is 14.0. The number of halogens is 3. The number of rotatable bonds is 4. The van der Waals surface area contributed by atoms with E-state index in [0.29, 0.717) is 12.2 Å². The Morgan fingerprint density at radius 3 is 2.56 bits per heavy atom. The highest BCUT2D eigenvalue weighted by molar-refractivity contribution is 5.96. The summed E-state index contributed by atoms with van der Waals surface area (Å²) in [6, 6.07) is 15.6. The lowest BCUT2D eigenvalue weighted by atomic mass is 10.1. The first-order valence-electron chi connectivity index (χ1n) is 10.8. The van der Waals surface area contributed by atoms with Gasteiger partial charge >= 0.3 is 6.18 Å². The lowest BCUT2D eigenvalue weighted by Gasteiger charge is -2.18. The minimum Gasteiger partial charge on any atom is -0.467 e. The van der Waals surface area contributed by atoms with Gasteiger partial charge in [0.1, 0.15) is 0 Å². The van der Waals surface area contributed by atoms with Crippen molar-refractivity contribution in [1.82, 2.24) is 14.8 Å².